The average Bonchev–Trinajstić information content (AvgIpc) is 3.24. The summed E-state index contributed by atoms with van der Waals surface area (Å²) in [4.78, 5) is 11.2. The van der Waals surface area contributed by atoms with Crippen molar-refractivity contribution in [3.63, 3.8) is 0 Å². The predicted octanol–water partition coefficient (Wildman–Crippen LogP) is 1.92. The van der Waals surface area contributed by atoms with Crippen molar-refractivity contribution in [3.05, 3.63) is 35.4 Å². The van der Waals surface area contributed by atoms with Gasteiger partial charge in [0.05, 0.1) is 25.5 Å². The molecule has 1 atom stereocenters. The minimum atomic E-state index is 0.0387. The molecule has 24 heavy (non-hydrogen) atoms. The van der Waals surface area contributed by atoms with Gasteiger partial charge in [-0.3, -0.25) is 0 Å². The van der Waals surface area contributed by atoms with E-state index in [1.807, 2.05) is 37.1 Å². The quantitative estimate of drug-likeness (QED) is 0.801. The number of rotatable bonds is 7. The molecular formula is C17H24N4O3. The number of aliphatic hydroxyl groups is 1. The van der Waals surface area contributed by atoms with Crippen LogP contribution in [0.2, 0.25) is 0 Å². The summed E-state index contributed by atoms with van der Waals surface area (Å²) in [7, 11) is 1.98. The molecule has 0 radical (unpaired) electrons. The largest absolute Gasteiger partial charge is 0.464 e. The van der Waals surface area contributed by atoms with Gasteiger partial charge in [0, 0.05) is 32.2 Å². The van der Waals surface area contributed by atoms with Crippen LogP contribution in [0.5, 0.6) is 0 Å². The molecule has 0 saturated carbocycles. The number of nitrogens with zero attached hydrogens (tertiary/aromatic N) is 3. The summed E-state index contributed by atoms with van der Waals surface area (Å²) in [6.45, 7) is 4.48. The van der Waals surface area contributed by atoms with E-state index in [1.165, 1.54) is 0 Å². The summed E-state index contributed by atoms with van der Waals surface area (Å²) in [5, 5.41) is 12.1. The molecule has 1 aliphatic rings. The number of furan rings is 1. The lowest BCUT2D eigenvalue weighted by Gasteiger charge is -2.20. The van der Waals surface area contributed by atoms with Gasteiger partial charge in [0.15, 0.2) is 0 Å². The van der Waals surface area contributed by atoms with Crippen LogP contribution in [0.4, 0.5) is 11.8 Å². The number of aliphatic hydroxyl groups excluding tert-OH is 1. The number of aromatic nitrogens is 2. The Bertz CT molecular complexity index is 668. The summed E-state index contributed by atoms with van der Waals surface area (Å²) < 4.78 is 11.1. The van der Waals surface area contributed by atoms with Gasteiger partial charge >= 0.3 is 0 Å². The third kappa shape index (κ3) is 4.04. The molecule has 3 heterocycles. The first kappa shape index (κ1) is 16.7. The van der Waals surface area contributed by atoms with Crippen LogP contribution >= 0.6 is 0 Å². The van der Waals surface area contributed by atoms with E-state index in [4.69, 9.17) is 14.3 Å². The van der Waals surface area contributed by atoms with Gasteiger partial charge in [-0.1, -0.05) is 0 Å². The molecule has 1 fully saturated rings. The molecule has 0 unspecified atom stereocenters. The summed E-state index contributed by atoms with van der Waals surface area (Å²) in [5.74, 6) is 3.44. The Morgan fingerprint density at radius 2 is 2.25 bits per heavy atom. The van der Waals surface area contributed by atoms with Crippen LogP contribution in [0.15, 0.2) is 22.6 Å². The van der Waals surface area contributed by atoms with Crippen LogP contribution in [0.1, 0.15) is 29.6 Å². The first-order chi connectivity index (χ1) is 11.7. The maximum atomic E-state index is 9.02. The Hall–Kier alpha value is -2.12. The predicted molar refractivity (Wildman–Crippen MR) is 91.3 cm³/mol. The van der Waals surface area contributed by atoms with E-state index in [0.29, 0.717) is 31.6 Å². The number of hydrogen-bond donors (Lipinski definition) is 2. The average molecular weight is 332 g/mol. The minimum absolute atomic E-state index is 0.0387. The first-order valence-corrected chi connectivity index (χ1v) is 8.23. The zero-order valence-corrected chi connectivity index (χ0v) is 14.2. The van der Waals surface area contributed by atoms with Gasteiger partial charge in [0.1, 0.15) is 17.3 Å². The number of nitrogens with one attached hydrogen (secondary N) is 1. The minimum Gasteiger partial charge on any atom is -0.464 e. The Morgan fingerprint density at radius 3 is 2.92 bits per heavy atom. The Labute approximate surface area is 141 Å². The molecule has 0 amide bonds. The number of hydrogen-bond acceptors (Lipinski definition) is 7. The van der Waals surface area contributed by atoms with Crippen molar-refractivity contribution in [1.29, 1.82) is 0 Å². The fourth-order valence-corrected chi connectivity index (χ4v) is 2.76. The van der Waals surface area contributed by atoms with E-state index < -0.39 is 0 Å². The highest BCUT2D eigenvalue weighted by Gasteiger charge is 2.21. The highest BCUT2D eigenvalue weighted by atomic mass is 16.5. The van der Waals surface area contributed by atoms with Gasteiger partial charge in [-0.15, -0.1) is 0 Å². The van der Waals surface area contributed by atoms with E-state index in [-0.39, 0.29) is 6.61 Å². The fraction of sp³-hybridized carbons (Fsp3) is 0.529. The van der Waals surface area contributed by atoms with Gasteiger partial charge in [-0.05, 0) is 25.5 Å². The van der Waals surface area contributed by atoms with Gasteiger partial charge in [0.25, 0.3) is 0 Å². The normalized spacial score (nSPS) is 17.2. The van der Waals surface area contributed by atoms with Crippen molar-refractivity contribution in [2.24, 2.45) is 0 Å². The number of aryl methyl sites for hydroxylation is 1. The van der Waals surface area contributed by atoms with E-state index in [9.17, 15) is 0 Å². The van der Waals surface area contributed by atoms with Crippen molar-refractivity contribution in [1.82, 2.24) is 9.97 Å². The van der Waals surface area contributed by atoms with Gasteiger partial charge in [0.2, 0.25) is 5.95 Å². The summed E-state index contributed by atoms with van der Waals surface area (Å²) in [6.07, 6.45) is 0.969. The van der Waals surface area contributed by atoms with E-state index >= 15 is 0 Å². The summed E-state index contributed by atoms with van der Waals surface area (Å²) in [5.41, 5.74) is 0.973. The van der Waals surface area contributed by atoms with Crippen molar-refractivity contribution >= 4 is 11.8 Å². The van der Waals surface area contributed by atoms with Crippen molar-refractivity contribution in [3.8, 4) is 0 Å². The third-order valence-electron chi connectivity index (χ3n) is 4.06. The molecule has 130 valence electrons. The number of ether oxygens (including phenoxy) is 1. The van der Waals surface area contributed by atoms with Gasteiger partial charge in [-0.2, -0.15) is 4.98 Å². The second kappa shape index (κ2) is 7.63. The second-order valence-electron chi connectivity index (χ2n) is 6.05. The van der Waals surface area contributed by atoms with E-state index in [2.05, 4.69) is 15.3 Å². The van der Waals surface area contributed by atoms with Crippen molar-refractivity contribution in [2.45, 2.75) is 25.8 Å². The zero-order valence-electron chi connectivity index (χ0n) is 14.2. The molecular weight excluding hydrogens is 308 g/mol. The van der Waals surface area contributed by atoms with Crippen LogP contribution in [0.25, 0.3) is 0 Å². The third-order valence-corrected chi connectivity index (χ3v) is 4.06. The van der Waals surface area contributed by atoms with Crippen LogP contribution in [0, 0.1) is 6.92 Å². The molecule has 1 saturated heterocycles. The molecule has 0 spiro atoms. The maximum absolute atomic E-state index is 9.02. The SMILES string of the molecule is Cc1ccc(CN(C)c2cc([C@@H]3CCOC3)nc(NCCO)n2)o1. The standard InChI is InChI=1S/C17H24N4O3/c1-12-3-4-14(24-12)10-21(2)16-9-15(13-5-8-23-11-13)19-17(20-16)18-6-7-22/h3-4,9,13,22H,5-8,10-11H2,1-2H3,(H,18,19,20)/t13-/m1/s1. The lowest BCUT2D eigenvalue weighted by molar-refractivity contribution is 0.193. The summed E-state index contributed by atoms with van der Waals surface area (Å²) in [6, 6.07) is 5.95. The molecule has 1 aliphatic heterocycles. The molecule has 2 aromatic heterocycles. The maximum Gasteiger partial charge on any atom is 0.224 e. The molecule has 0 aromatic carbocycles. The highest BCUT2D eigenvalue weighted by molar-refractivity contribution is 5.45. The summed E-state index contributed by atoms with van der Waals surface area (Å²) >= 11 is 0. The smallest absolute Gasteiger partial charge is 0.224 e. The lowest BCUT2D eigenvalue weighted by Crippen LogP contribution is -2.20. The second-order valence-corrected chi connectivity index (χ2v) is 6.05. The Morgan fingerprint density at radius 1 is 1.38 bits per heavy atom. The molecule has 2 aromatic rings. The fourth-order valence-electron chi connectivity index (χ4n) is 2.76. The lowest BCUT2D eigenvalue weighted by atomic mass is 10.0. The molecule has 0 aliphatic carbocycles. The van der Waals surface area contributed by atoms with Crippen LogP contribution < -0.4 is 10.2 Å². The van der Waals surface area contributed by atoms with E-state index in [1.54, 1.807) is 0 Å². The topological polar surface area (TPSA) is 83.7 Å². The van der Waals surface area contributed by atoms with E-state index in [0.717, 1.165) is 36.1 Å². The molecule has 0 bridgehead atoms. The zero-order chi connectivity index (χ0) is 16.9. The monoisotopic (exact) mass is 332 g/mol. The van der Waals surface area contributed by atoms with Gasteiger partial charge < -0.3 is 24.5 Å². The molecule has 2 N–H and O–H groups in total. The first-order valence-electron chi connectivity index (χ1n) is 8.23. The van der Waals surface area contributed by atoms with Crippen molar-refractivity contribution in [2.75, 3.05) is 43.6 Å². The van der Waals surface area contributed by atoms with Crippen LogP contribution in [-0.2, 0) is 11.3 Å². The highest BCUT2D eigenvalue weighted by Crippen LogP contribution is 2.27. The van der Waals surface area contributed by atoms with Crippen LogP contribution in [-0.4, -0.2) is 48.5 Å². The molecule has 3 rings (SSSR count). The number of anilines is 2. The van der Waals surface area contributed by atoms with Gasteiger partial charge in [-0.25, -0.2) is 4.98 Å². The molecule has 7 nitrogen and oxygen atoms in total. The Kier molecular flexibility index (Phi) is 5.32. The Balaban J connectivity index is 1.82. The molecule has 7 heteroatoms. The van der Waals surface area contributed by atoms with Crippen molar-refractivity contribution < 1.29 is 14.3 Å². The van der Waals surface area contributed by atoms with Crippen LogP contribution in [0.3, 0.4) is 0 Å².